The summed E-state index contributed by atoms with van der Waals surface area (Å²) in [5.74, 6) is 1.13. The third kappa shape index (κ3) is 4.88. The number of hydrogen-bond acceptors (Lipinski definition) is 3. The van der Waals surface area contributed by atoms with Gasteiger partial charge >= 0.3 is 0 Å². The summed E-state index contributed by atoms with van der Waals surface area (Å²) in [6.45, 7) is 7.73. The van der Waals surface area contributed by atoms with Crippen LogP contribution in [0.1, 0.15) is 32.5 Å². The highest BCUT2D eigenvalue weighted by atomic mass is 15.1. The van der Waals surface area contributed by atoms with Crippen LogP contribution < -0.4 is 5.73 Å². The molecule has 1 aromatic heterocycles. The number of nitrogens with zero attached hydrogens (tertiary/aromatic N) is 3. The molecule has 0 aliphatic heterocycles. The van der Waals surface area contributed by atoms with E-state index in [-0.39, 0.29) is 6.04 Å². The van der Waals surface area contributed by atoms with E-state index in [0.717, 1.165) is 44.7 Å². The van der Waals surface area contributed by atoms with Crippen molar-refractivity contribution in [3.63, 3.8) is 0 Å². The molecule has 0 bridgehead atoms. The summed E-state index contributed by atoms with van der Waals surface area (Å²) >= 11 is 0. The van der Waals surface area contributed by atoms with Crippen molar-refractivity contribution in [1.82, 2.24) is 14.5 Å². The fourth-order valence-electron chi connectivity index (χ4n) is 1.98. The second-order valence-corrected chi connectivity index (χ2v) is 4.57. The van der Waals surface area contributed by atoms with Crippen LogP contribution in [0.5, 0.6) is 0 Å². The summed E-state index contributed by atoms with van der Waals surface area (Å²) in [5.41, 5.74) is 6.13. The zero-order chi connectivity index (χ0) is 12.7. The molecule has 0 radical (unpaired) electrons. The van der Waals surface area contributed by atoms with Gasteiger partial charge in [0, 0.05) is 31.9 Å². The average Bonchev–Trinajstić information content (AvgIpc) is 2.73. The van der Waals surface area contributed by atoms with Gasteiger partial charge in [0.15, 0.2) is 0 Å². The second kappa shape index (κ2) is 7.45. The number of imidazole rings is 1. The Bertz CT molecular complexity index is 304. The fraction of sp³-hybridized carbons (Fsp3) is 0.769. The van der Waals surface area contributed by atoms with Gasteiger partial charge in [0.05, 0.1) is 0 Å². The van der Waals surface area contributed by atoms with Gasteiger partial charge in [-0.3, -0.25) is 0 Å². The average molecular weight is 238 g/mol. The van der Waals surface area contributed by atoms with Crippen molar-refractivity contribution in [2.45, 2.75) is 39.2 Å². The summed E-state index contributed by atoms with van der Waals surface area (Å²) in [6.07, 6.45) is 6.90. The first kappa shape index (κ1) is 14.2. The van der Waals surface area contributed by atoms with Crippen LogP contribution in [-0.2, 0) is 13.5 Å². The van der Waals surface area contributed by atoms with E-state index in [1.165, 1.54) is 0 Å². The van der Waals surface area contributed by atoms with Crippen molar-refractivity contribution in [2.24, 2.45) is 12.8 Å². The van der Waals surface area contributed by atoms with Crippen molar-refractivity contribution in [2.75, 3.05) is 19.6 Å². The van der Waals surface area contributed by atoms with E-state index in [9.17, 15) is 0 Å². The van der Waals surface area contributed by atoms with Crippen LogP contribution in [0.3, 0.4) is 0 Å². The summed E-state index contributed by atoms with van der Waals surface area (Å²) in [4.78, 5) is 6.73. The lowest BCUT2D eigenvalue weighted by Gasteiger charge is -2.20. The van der Waals surface area contributed by atoms with Crippen LogP contribution in [0.4, 0.5) is 0 Å². The van der Waals surface area contributed by atoms with Crippen LogP contribution in [0.15, 0.2) is 12.4 Å². The van der Waals surface area contributed by atoms with Gasteiger partial charge in [-0.1, -0.05) is 13.8 Å². The second-order valence-electron chi connectivity index (χ2n) is 4.57. The Labute approximate surface area is 105 Å². The summed E-state index contributed by atoms with van der Waals surface area (Å²) < 4.78 is 2.07. The Balaban J connectivity index is 2.21. The molecule has 0 aromatic carbocycles. The Kier molecular flexibility index (Phi) is 6.22. The smallest absolute Gasteiger partial charge is 0.108 e. The SMILES string of the molecule is CCN(CC)CCC(N)CCc1nccn1C. The lowest BCUT2D eigenvalue weighted by atomic mass is 10.1. The van der Waals surface area contributed by atoms with Gasteiger partial charge in [0.25, 0.3) is 0 Å². The van der Waals surface area contributed by atoms with E-state index >= 15 is 0 Å². The molecular formula is C13H26N4. The predicted molar refractivity (Wildman–Crippen MR) is 71.9 cm³/mol. The number of aryl methyl sites for hydroxylation is 2. The Morgan fingerprint density at radius 1 is 1.35 bits per heavy atom. The molecule has 1 rings (SSSR count). The van der Waals surface area contributed by atoms with Crippen molar-refractivity contribution in [1.29, 1.82) is 0 Å². The first-order valence-corrected chi connectivity index (χ1v) is 6.61. The lowest BCUT2D eigenvalue weighted by Crippen LogP contribution is -2.30. The highest BCUT2D eigenvalue weighted by Crippen LogP contribution is 2.04. The third-order valence-electron chi connectivity index (χ3n) is 3.37. The van der Waals surface area contributed by atoms with E-state index in [0.29, 0.717) is 0 Å². The normalized spacial score (nSPS) is 13.2. The standard InChI is InChI=1S/C13H26N4/c1-4-17(5-2)10-8-12(14)6-7-13-15-9-11-16(13)3/h9,11-12H,4-8,10,14H2,1-3H3. The van der Waals surface area contributed by atoms with Crippen LogP contribution in [0, 0.1) is 0 Å². The molecule has 0 amide bonds. The monoisotopic (exact) mass is 238 g/mol. The van der Waals surface area contributed by atoms with E-state index in [2.05, 4.69) is 28.3 Å². The molecule has 1 aromatic rings. The van der Waals surface area contributed by atoms with Crippen molar-refractivity contribution in [3.05, 3.63) is 18.2 Å². The van der Waals surface area contributed by atoms with Gasteiger partial charge in [-0.05, 0) is 32.5 Å². The zero-order valence-electron chi connectivity index (χ0n) is 11.4. The number of aromatic nitrogens is 2. The van der Waals surface area contributed by atoms with E-state index < -0.39 is 0 Å². The number of nitrogens with two attached hydrogens (primary N) is 1. The van der Waals surface area contributed by atoms with E-state index in [4.69, 9.17) is 5.73 Å². The highest BCUT2D eigenvalue weighted by Gasteiger charge is 2.07. The molecule has 1 atom stereocenters. The Morgan fingerprint density at radius 2 is 2.06 bits per heavy atom. The summed E-state index contributed by atoms with van der Waals surface area (Å²) in [7, 11) is 2.03. The van der Waals surface area contributed by atoms with Crippen LogP contribution in [-0.4, -0.2) is 40.1 Å². The number of hydrogen-bond donors (Lipinski definition) is 1. The molecule has 1 unspecified atom stereocenters. The van der Waals surface area contributed by atoms with E-state index in [1.807, 2.05) is 19.4 Å². The molecule has 17 heavy (non-hydrogen) atoms. The molecule has 0 saturated heterocycles. The van der Waals surface area contributed by atoms with Gasteiger partial charge < -0.3 is 15.2 Å². The molecular weight excluding hydrogens is 212 g/mol. The topological polar surface area (TPSA) is 47.1 Å². The Morgan fingerprint density at radius 3 is 2.59 bits per heavy atom. The van der Waals surface area contributed by atoms with Crippen molar-refractivity contribution >= 4 is 0 Å². The quantitative estimate of drug-likeness (QED) is 0.745. The maximum absolute atomic E-state index is 6.13. The van der Waals surface area contributed by atoms with E-state index in [1.54, 1.807) is 0 Å². The number of rotatable bonds is 8. The minimum absolute atomic E-state index is 0.285. The molecule has 98 valence electrons. The van der Waals surface area contributed by atoms with Crippen LogP contribution in [0.2, 0.25) is 0 Å². The fourth-order valence-corrected chi connectivity index (χ4v) is 1.98. The van der Waals surface area contributed by atoms with Gasteiger partial charge in [-0.2, -0.15) is 0 Å². The molecule has 0 spiro atoms. The van der Waals surface area contributed by atoms with Crippen LogP contribution in [0.25, 0.3) is 0 Å². The zero-order valence-corrected chi connectivity index (χ0v) is 11.4. The first-order valence-electron chi connectivity index (χ1n) is 6.61. The molecule has 0 aliphatic carbocycles. The molecule has 1 heterocycles. The third-order valence-corrected chi connectivity index (χ3v) is 3.37. The Hall–Kier alpha value is -0.870. The predicted octanol–water partition coefficient (Wildman–Crippen LogP) is 1.41. The van der Waals surface area contributed by atoms with Gasteiger partial charge in [-0.25, -0.2) is 4.98 Å². The summed E-state index contributed by atoms with van der Waals surface area (Å²) in [6, 6.07) is 0.285. The van der Waals surface area contributed by atoms with Gasteiger partial charge in [0.2, 0.25) is 0 Å². The molecule has 2 N–H and O–H groups in total. The first-order chi connectivity index (χ1) is 8.17. The molecule has 0 aliphatic rings. The van der Waals surface area contributed by atoms with Crippen molar-refractivity contribution in [3.8, 4) is 0 Å². The highest BCUT2D eigenvalue weighted by molar-refractivity contribution is 4.91. The van der Waals surface area contributed by atoms with Crippen LogP contribution >= 0.6 is 0 Å². The molecule has 0 fully saturated rings. The van der Waals surface area contributed by atoms with Gasteiger partial charge in [0.1, 0.15) is 5.82 Å². The molecule has 4 nitrogen and oxygen atoms in total. The minimum atomic E-state index is 0.285. The summed E-state index contributed by atoms with van der Waals surface area (Å²) in [5, 5.41) is 0. The maximum Gasteiger partial charge on any atom is 0.108 e. The van der Waals surface area contributed by atoms with Crippen molar-refractivity contribution < 1.29 is 0 Å². The maximum atomic E-state index is 6.13. The molecule has 0 saturated carbocycles. The molecule has 4 heteroatoms. The largest absolute Gasteiger partial charge is 0.338 e. The van der Waals surface area contributed by atoms with Gasteiger partial charge in [-0.15, -0.1) is 0 Å². The minimum Gasteiger partial charge on any atom is -0.338 e. The lowest BCUT2D eigenvalue weighted by molar-refractivity contribution is 0.287.